The molecule has 3 aromatic rings. The van der Waals surface area contributed by atoms with Crippen molar-refractivity contribution in [2.45, 2.75) is 44.9 Å². The van der Waals surface area contributed by atoms with Gasteiger partial charge in [0.1, 0.15) is 6.61 Å². The van der Waals surface area contributed by atoms with E-state index in [4.69, 9.17) is 4.74 Å². The highest BCUT2D eigenvalue weighted by atomic mass is 16.6. The van der Waals surface area contributed by atoms with Gasteiger partial charge in [0.05, 0.1) is 11.0 Å². The summed E-state index contributed by atoms with van der Waals surface area (Å²) in [4.78, 5) is 27.7. The van der Waals surface area contributed by atoms with Crippen LogP contribution in [0.2, 0.25) is 0 Å². The van der Waals surface area contributed by atoms with E-state index in [0.717, 1.165) is 48.0 Å². The zero-order valence-electron chi connectivity index (χ0n) is 18.8. The standard InChI is InChI=1S/C26H30N4O3/c31-25-29(23-12-6-7-13-24(23)30(25)22-10-4-5-11-22)16-14-21-18-28(17-15-27-21)26(32)33-19-20-8-2-1-3-9-20/h1-3,6-10,12-13,21,27H,4-5,11,14-19H2/t21-/m1/s1. The number of aromatic nitrogens is 2. The fourth-order valence-electron chi connectivity index (χ4n) is 4.84. The Morgan fingerprint density at radius 3 is 2.64 bits per heavy atom. The quantitative estimate of drug-likeness (QED) is 0.625. The van der Waals surface area contributed by atoms with Gasteiger partial charge in [0.2, 0.25) is 0 Å². The molecule has 1 amide bonds. The van der Waals surface area contributed by atoms with Crippen molar-refractivity contribution in [1.29, 1.82) is 0 Å². The van der Waals surface area contributed by atoms with Crippen molar-refractivity contribution in [3.8, 4) is 0 Å². The average Bonchev–Trinajstić information content (AvgIpc) is 3.48. The number of nitrogens with one attached hydrogen (secondary N) is 1. The number of fused-ring (bicyclic) bond motifs is 1. The lowest BCUT2D eigenvalue weighted by Crippen LogP contribution is -2.53. The van der Waals surface area contributed by atoms with Gasteiger partial charge in [-0.15, -0.1) is 0 Å². The first-order valence-electron chi connectivity index (χ1n) is 11.8. The minimum atomic E-state index is -0.285. The van der Waals surface area contributed by atoms with Crippen LogP contribution in [0.5, 0.6) is 0 Å². The largest absolute Gasteiger partial charge is 0.445 e. The summed E-state index contributed by atoms with van der Waals surface area (Å²) in [7, 11) is 0. The van der Waals surface area contributed by atoms with E-state index in [0.29, 0.717) is 26.2 Å². The maximum Gasteiger partial charge on any atom is 0.410 e. The molecule has 1 fully saturated rings. The van der Waals surface area contributed by atoms with E-state index >= 15 is 0 Å². The third-order valence-electron chi connectivity index (χ3n) is 6.56. The molecule has 2 aromatic carbocycles. The molecule has 7 heteroatoms. The topological polar surface area (TPSA) is 68.5 Å². The molecular weight excluding hydrogens is 416 g/mol. The molecule has 33 heavy (non-hydrogen) atoms. The Labute approximate surface area is 193 Å². The van der Waals surface area contributed by atoms with Crippen LogP contribution in [0.4, 0.5) is 4.79 Å². The number of nitrogens with zero attached hydrogens (tertiary/aromatic N) is 3. The minimum absolute atomic E-state index is 0.0271. The number of ether oxygens (including phenoxy) is 1. The Morgan fingerprint density at radius 1 is 1.06 bits per heavy atom. The molecule has 1 saturated heterocycles. The Bertz CT molecular complexity index is 1210. The number of allylic oxidation sites excluding steroid dienone is 2. The molecule has 0 unspecified atom stereocenters. The van der Waals surface area contributed by atoms with Gasteiger partial charge in [-0.3, -0.25) is 9.13 Å². The van der Waals surface area contributed by atoms with Crippen molar-refractivity contribution in [2.24, 2.45) is 0 Å². The van der Waals surface area contributed by atoms with Crippen LogP contribution in [0.25, 0.3) is 16.7 Å². The van der Waals surface area contributed by atoms with Crippen LogP contribution >= 0.6 is 0 Å². The first-order valence-corrected chi connectivity index (χ1v) is 11.8. The second kappa shape index (κ2) is 9.67. The first-order chi connectivity index (χ1) is 16.2. The van der Waals surface area contributed by atoms with Crippen LogP contribution in [-0.2, 0) is 17.9 Å². The van der Waals surface area contributed by atoms with Crippen molar-refractivity contribution in [1.82, 2.24) is 19.4 Å². The Kier molecular flexibility index (Phi) is 6.30. The molecule has 2 heterocycles. The number of benzene rings is 2. The summed E-state index contributed by atoms with van der Waals surface area (Å²) >= 11 is 0. The lowest BCUT2D eigenvalue weighted by Gasteiger charge is -2.33. The second-order valence-corrected chi connectivity index (χ2v) is 8.77. The number of rotatable bonds is 6. The molecule has 1 atom stereocenters. The summed E-state index contributed by atoms with van der Waals surface area (Å²) in [5.74, 6) is 0. The van der Waals surface area contributed by atoms with Crippen LogP contribution in [0.1, 0.15) is 31.2 Å². The maximum atomic E-state index is 13.3. The van der Waals surface area contributed by atoms with Crippen LogP contribution in [0, 0.1) is 0 Å². The summed E-state index contributed by atoms with van der Waals surface area (Å²) in [6.45, 7) is 2.79. The number of hydrogen-bond acceptors (Lipinski definition) is 4. The van der Waals surface area contributed by atoms with Gasteiger partial charge < -0.3 is 15.0 Å². The third-order valence-corrected chi connectivity index (χ3v) is 6.56. The van der Waals surface area contributed by atoms with E-state index in [1.165, 1.54) is 0 Å². The maximum absolute atomic E-state index is 13.3. The van der Waals surface area contributed by atoms with E-state index < -0.39 is 0 Å². The number of piperazine rings is 1. The highest BCUT2D eigenvalue weighted by Crippen LogP contribution is 2.25. The van der Waals surface area contributed by atoms with Crippen LogP contribution in [0.15, 0.2) is 65.5 Å². The molecule has 5 rings (SSSR count). The van der Waals surface area contributed by atoms with Crippen molar-refractivity contribution < 1.29 is 9.53 Å². The number of carbonyl (C=O) groups excluding carboxylic acids is 1. The number of hydrogen-bond donors (Lipinski definition) is 1. The van der Waals surface area contributed by atoms with Crippen LogP contribution in [0.3, 0.4) is 0 Å². The predicted molar refractivity (Wildman–Crippen MR) is 129 cm³/mol. The lowest BCUT2D eigenvalue weighted by molar-refractivity contribution is 0.0838. The zero-order valence-corrected chi connectivity index (χ0v) is 18.8. The third kappa shape index (κ3) is 4.59. The van der Waals surface area contributed by atoms with E-state index in [1.807, 2.05) is 63.7 Å². The van der Waals surface area contributed by atoms with Crippen molar-refractivity contribution in [3.05, 3.63) is 76.7 Å². The summed E-state index contributed by atoms with van der Waals surface area (Å²) in [5, 5.41) is 3.49. The minimum Gasteiger partial charge on any atom is -0.445 e. The Morgan fingerprint density at radius 2 is 1.85 bits per heavy atom. The fourth-order valence-corrected chi connectivity index (χ4v) is 4.84. The highest BCUT2D eigenvalue weighted by Gasteiger charge is 2.25. The lowest BCUT2D eigenvalue weighted by atomic mass is 10.1. The number of para-hydroxylation sites is 2. The van der Waals surface area contributed by atoms with Gasteiger partial charge in [0, 0.05) is 37.9 Å². The summed E-state index contributed by atoms with van der Waals surface area (Å²) in [6, 6.07) is 17.8. The van der Waals surface area contributed by atoms with Gasteiger partial charge in [-0.25, -0.2) is 9.59 Å². The van der Waals surface area contributed by atoms with Crippen molar-refractivity contribution in [2.75, 3.05) is 19.6 Å². The SMILES string of the molecule is O=C(OCc1ccccc1)N1CCN[C@H](CCn2c(=O)n(C3=CCCC3)c3ccccc32)C1. The first kappa shape index (κ1) is 21.5. The smallest absolute Gasteiger partial charge is 0.410 e. The molecule has 1 aliphatic carbocycles. The zero-order chi connectivity index (χ0) is 22.6. The van der Waals surface area contributed by atoms with Gasteiger partial charge >= 0.3 is 11.8 Å². The number of aryl methyl sites for hydroxylation is 1. The van der Waals surface area contributed by atoms with Gasteiger partial charge in [0.15, 0.2) is 0 Å². The van der Waals surface area contributed by atoms with E-state index in [1.54, 1.807) is 4.90 Å². The average molecular weight is 447 g/mol. The summed E-state index contributed by atoms with van der Waals surface area (Å²) in [6.07, 6.45) is 5.73. The molecule has 0 spiro atoms. The molecule has 0 bridgehead atoms. The number of imidazole rings is 1. The normalized spacial score (nSPS) is 18.5. The van der Waals surface area contributed by atoms with Gasteiger partial charge in [-0.05, 0) is 43.4 Å². The summed E-state index contributed by atoms with van der Waals surface area (Å²) in [5.41, 5.74) is 4.05. The van der Waals surface area contributed by atoms with Gasteiger partial charge in [-0.1, -0.05) is 48.5 Å². The second-order valence-electron chi connectivity index (χ2n) is 8.77. The van der Waals surface area contributed by atoms with Gasteiger partial charge in [0.25, 0.3) is 0 Å². The molecule has 2 aliphatic rings. The number of amides is 1. The molecule has 1 aliphatic heterocycles. The Balaban J connectivity index is 1.25. The van der Waals surface area contributed by atoms with Crippen molar-refractivity contribution in [3.63, 3.8) is 0 Å². The van der Waals surface area contributed by atoms with Gasteiger partial charge in [-0.2, -0.15) is 0 Å². The Hall–Kier alpha value is -3.32. The molecule has 0 saturated carbocycles. The molecule has 0 radical (unpaired) electrons. The molecule has 7 nitrogen and oxygen atoms in total. The van der Waals surface area contributed by atoms with E-state index in [9.17, 15) is 9.59 Å². The monoisotopic (exact) mass is 446 g/mol. The van der Waals surface area contributed by atoms with Crippen molar-refractivity contribution >= 4 is 22.8 Å². The molecule has 1 aromatic heterocycles. The fraction of sp³-hybridized carbons (Fsp3) is 0.385. The predicted octanol–water partition coefficient (Wildman–Crippen LogP) is 3.83. The summed E-state index contributed by atoms with van der Waals surface area (Å²) < 4.78 is 9.27. The van der Waals surface area contributed by atoms with E-state index in [-0.39, 0.29) is 24.4 Å². The molecular formula is C26H30N4O3. The molecule has 172 valence electrons. The number of carbonyl (C=O) groups is 1. The molecule has 1 N–H and O–H groups in total. The highest BCUT2D eigenvalue weighted by molar-refractivity contribution is 5.80. The van der Waals surface area contributed by atoms with Crippen LogP contribution < -0.4 is 11.0 Å². The van der Waals surface area contributed by atoms with E-state index in [2.05, 4.69) is 11.4 Å². The van der Waals surface area contributed by atoms with Crippen LogP contribution in [-0.4, -0.2) is 45.8 Å².